The largest absolute Gasteiger partial charge is 2.00 e. The average molecular weight is 160 g/mol. The van der Waals surface area contributed by atoms with Crippen LogP contribution >= 0.6 is 0 Å². The molecule has 0 bridgehead atoms. The fourth-order valence-corrected chi connectivity index (χ4v) is 0.428. The van der Waals surface area contributed by atoms with Crippen LogP contribution in [0.15, 0.2) is 0 Å². The summed E-state index contributed by atoms with van der Waals surface area (Å²) < 4.78 is 0. The molecular weight excluding hydrogens is 146 g/mol. The van der Waals surface area contributed by atoms with Gasteiger partial charge in [0, 0.05) is 0 Å². The summed E-state index contributed by atoms with van der Waals surface area (Å²) in [5.74, 6) is 0. The molecule has 0 aromatic carbocycles. The minimum absolute atomic E-state index is 0. The minimum atomic E-state index is 0. The van der Waals surface area contributed by atoms with E-state index in [1.54, 1.807) is 0 Å². The summed E-state index contributed by atoms with van der Waals surface area (Å²) in [6.45, 7) is 6.40. The zero-order chi connectivity index (χ0) is 5.54. The first-order chi connectivity index (χ1) is 3.41. The minimum Gasteiger partial charge on any atom is -1.00 e. The van der Waals surface area contributed by atoms with Crippen molar-refractivity contribution in [3.63, 3.8) is 0 Å². The molecule has 0 aliphatic carbocycles. The van der Waals surface area contributed by atoms with Gasteiger partial charge < -0.3 is 17.7 Å². The number of hydrogen-bond acceptors (Lipinski definition) is 0. The standard InChI is InChI=1S/C6H14N.ClH.Mg/c1-3-5-7-6-4-2;;/h3-6H2,1-2H3;1H;/q-1;;+2/p-1. The maximum Gasteiger partial charge on any atom is 2.00 e. The molecule has 52 valence electrons. The number of hydrogen-bond donors (Lipinski definition) is 0. The maximum atomic E-state index is 4.21. The van der Waals surface area contributed by atoms with E-state index in [2.05, 4.69) is 19.2 Å². The van der Waals surface area contributed by atoms with Gasteiger partial charge >= 0.3 is 23.1 Å². The Morgan fingerprint density at radius 3 is 1.56 bits per heavy atom. The predicted molar refractivity (Wildman–Crippen MR) is 39.4 cm³/mol. The predicted octanol–water partition coefficient (Wildman–Crippen LogP) is -1.20. The van der Waals surface area contributed by atoms with Gasteiger partial charge in [-0.2, -0.15) is 0 Å². The van der Waals surface area contributed by atoms with Gasteiger partial charge in [0.05, 0.1) is 0 Å². The van der Waals surface area contributed by atoms with Crippen LogP contribution in [0.25, 0.3) is 5.32 Å². The van der Waals surface area contributed by atoms with Crippen LogP contribution in [0, 0.1) is 0 Å². The SMILES string of the molecule is CCC[N-]CCC.[Cl-].[Mg+2]. The Kier molecular flexibility index (Phi) is 29.4. The van der Waals surface area contributed by atoms with Crippen LogP contribution in [0.2, 0.25) is 0 Å². The molecule has 0 amide bonds. The van der Waals surface area contributed by atoms with Crippen LogP contribution in [0.3, 0.4) is 0 Å². The van der Waals surface area contributed by atoms with Crippen molar-refractivity contribution >= 4 is 23.1 Å². The van der Waals surface area contributed by atoms with E-state index in [9.17, 15) is 0 Å². The van der Waals surface area contributed by atoms with Gasteiger partial charge in [0.1, 0.15) is 0 Å². The monoisotopic (exact) mass is 159 g/mol. The van der Waals surface area contributed by atoms with Crippen molar-refractivity contribution in [2.24, 2.45) is 0 Å². The first-order valence-electron chi connectivity index (χ1n) is 3.05. The molecule has 0 unspecified atom stereocenters. The molecule has 0 rings (SSSR count). The van der Waals surface area contributed by atoms with Gasteiger partial charge in [-0.3, -0.25) is 0 Å². The van der Waals surface area contributed by atoms with Gasteiger partial charge in [-0.1, -0.05) is 26.7 Å². The fraction of sp³-hybridized carbons (Fsp3) is 1.00. The fourth-order valence-electron chi connectivity index (χ4n) is 0.428. The number of nitrogens with zero attached hydrogens (tertiary/aromatic N) is 1. The Balaban J connectivity index is -0.000000180. The summed E-state index contributed by atoms with van der Waals surface area (Å²) in [4.78, 5) is 0. The van der Waals surface area contributed by atoms with Gasteiger partial charge in [-0.05, 0) is 0 Å². The third-order valence-electron chi connectivity index (χ3n) is 0.763. The van der Waals surface area contributed by atoms with E-state index in [0.29, 0.717) is 0 Å². The molecule has 0 aliphatic rings. The molecule has 0 fully saturated rings. The van der Waals surface area contributed by atoms with Crippen molar-refractivity contribution in [1.29, 1.82) is 0 Å². The van der Waals surface area contributed by atoms with Gasteiger partial charge in [0.2, 0.25) is 0 Å². The van der Waals surface area contributed by atoms with E-state index in [4.69, 9.17) is 0 Å². The third kappa shape index (κ3) is 17.6. The van der Waals surface area contributed by atoms with Gasteiger partial charge in [-0.15, -0.1) is 13.1 Å². The first kappa shape index (κ1) is 16.5. The molecule has 3 heteroatoms. The second-order valence-electron chi connectivity index (χ2n) is 1.67. The van der Waals surface area contributed by atoms with Crippen molar-refractivity contribution in [1.82, 2.24) is 0 Å². The Morgan fingerprint density at radius 1 is 1.00 bits per heavy atom. The van der Waals surface area contributed by atoms with Crippen LogP contribution in [0.5, 0.6) is 0 Å². The third-order valence-corrected chi connectivity index (χ3v) is 0.763. The van der Waals surface area contributed by atoms with Crippen molar-refractivity contribution in [3.05, 3.63) is 5.32 Å². The summed E-state index contributed by atoms with van der Waals surface area (Å²) in [5.41, 5.74) is 0. The van der Waals surface area contributed by atoms with E-state index in [0.717, 1.165) is 13.1 Å². The second kappa shape index (κ2) is 16.0. The smallest absolute Gasteiger partial charge is 1.00 e. The molecular formula is C6H14ClMgN. The van der Waals surface area contributed by atoms with E-state index in [1.165, 1.54) is 12.8 Å². The maximum absolute atomic E-state index is 4.21. The van der Waals surface area contributed by atoms with Gasteiger partial charge in [-0.25, -0.2) is 0 Å². The van der Waals surface area contributed by atoms with Crippen LogP contribution in [-0.4, -0.2) is 36.1 Å². The van der Waals surface area contributed by atoms with Crippen molar-refractivity contribution in [2.75, 3.05) is 13.1 Å². The molecule has 0 saturated heterocycles. The van der Waals surface area contributed by atoms with Crippen LogP contribution in [0.1, 0.15) is 26.7 Å². The second-order valence-corrected chi connectivity index (χ2v) is 1.67. The van der Waals surface area contributed by atoms with E-state index in [1.807, 2.05) is 0 Å². The van der Waals surface area contributed by atoms with Crippen molar-refractivity contribution in [2.45, 2.75) is 26.7 Å². The average Bonchev–Trinajstić information content (AvgIpc) is 1.69. The Labute approximate surface area is 80.5 Å². The van der Waals surface area contributed by atoms with E-state index < -0.39 is 0 Å². The van der Waals surface area contributed by atoms with Crippen LogP contribution in [-0.2, 0) is 0 Å². The molecule has 1 nitrogen and oxygen atoms in total. The normalized spacial score (nSPS) is 7.33. The van der Waals surface area contributed by atoms with Crippen molar-refractivity contribution < 1.29 is 12.4 Å². The quantitative estimate of drug-likeness (QED) is 0.362. The molecule has 9 heavy (non-hydrogen) atoms. The van der Waals surface area contributed by atoms with Gasteiger partial charge in [0.25, 0.3) is 0 Å². The first-order valence-corrected chi connectivity index (χ1v) is 3.05. The molecule has 0 N–H and O–H groups in total. The van der Waals surface area contributed by atoms with E-state index in [-0.39, 0.29) is 35.5 Å². The van der Waals surface area contributed by atoms with Crippen molar-refractivity contribution in [3.8, 4) is 0 Å². The molecule has 0 heterocycles. The van der Waals surface area contributed by atoms with Gasteiger partial charge in [0.15, 0.2) is 0 Å². The Morgan fingerprint density at radius 2 is 1.33 bits per heavy atom. The molecule has 0 aliphatic heterocycles. The summed E-state index contributed by atoms with van der Waals surface area (Å²) in [6, 6.07) is 0. The molecule has 0 aromatic rings. The molecule has 0 aromatic heterocycles. The molecule has 0 radical (unpaired) electrons. The number of halogens is 1. The Hall–Kier alpha value is 1.02. The zero-order valence-electron chi connectivity index (χ0n) is 6.36. The Bertz CT molecular complexity index is 32.2. The van der Waals surface area contributed by atoms with E-state index >= 15 is 0 Å². The number of rotatable bonds is 4. The molecule has 0 atom stereocenters. The summed E-state index contributed by atoms with van der Waals surface area (Å²) in [5, 5.41) is 4.21. The molecule has 0 spiro atoms. The summed E-state index contributed by atoms with van der Waals surface area (Å²) in [6.07, 6.45) is 2.39. The zero-order valence-corrected chi connectivity index (χ0v) is 8.53. The van der Waals surface area contributed by atoms with Crippen LogP contribution in [0.4, 0.5) is 0 Å². The summed E-state index contributed by atoms with van der Waals surface area (Å²) >= 11 is 0. The van der Waals surface area contributed by atoms with Crippen LogP contribution < -0.4 is 12.4 Å². The molecule has 0 saturated carbocycles. The summed E-state index contributed by atoms with van der Waals surface area (Å²) in [7, 11) is 0. The topological polar surface area (TPSA) is 14.1 Å².